The third-order valence-corrected chi connectivity index (χ3v) is 5.29. The molecule has 0 bridgehead atoms. The van der Waals surface area contributed by atoms with E-state index in [0.717, 1.165) is 4.31 Å². The number of hydrogen-bond donors (Lipinski definition) is 2. The summed E-state index contributed by atoms with van der Waals surface area (Å²) >= 11 is 0. The molecule has 0 amide bonds. The van der Waals surface area contributed by atoms with Crippen LogP contribution in [-0.2, 0) is 14.8 Å². The number of carboxylic acids is 1. The van der Waals surface area contributed by atoms with Gasteiger partial charge in [0.15, 0.2) is 0 Å². The fraction of sp³-hybridized carbons (Fsp3) is 0.417. The Morgan fingerprint density at radius 2 is 2.00 bits per heavy atom. The zero-order valence-electron chi connectivity index (χ0n) is 10.3. The Bertz CT molecular complexity index is 581. The van der Waals surface area contributed by atoms with Gasteiger partial charge in [0.2, 0.25) is 10.0 Å². The van der Waals surface area contributed by atoms with Crippen molar-refractivity contribution in [3.63, 3.8) is 0 Å². The molecular formula is C12H16N2O4S. The van der Waals surface area contributed by atoms with Crippen LogP contribution in [0.1, 0.15) is 19.3 Å². The fourth-order valence-electron chi connectivity index (χ4n) is 1.84. The fourth-order valence-corrected chi connectivity index (χ4v) is 3.72. The highest BCUT2D eigenvalue weighted by Crippen LogP contribution is 2.35. The first kappa shape index (κ1) is 13.7. The minimum Gasteiger partial charge on any atom is -0.481 e. The van der Waals surface area contributed by atoms with Crippen LogP contribution in [0.5, 0.6) is 0 Å². The lowest BCUT2D eigenvalue weighted by atomic mass is 10.2. The molecule has 0 saturated heterocycles. The van der Waals surface area contributed by atoms with Crippen LogP contribution in [0.25, 0.3) is 0 Å². The Labute approximate surface area is 111 Å². The number of nitrogens with zero attached hydrogens (tertiary/aromatic N) is 1. The second kappa shape index (κ2) is 5.08. The summed E-state index contributed by atoms with van der Waals surface area (Å²) in [5, 5.41) is 8.34. The number of hydrogen-bond acceptors (Lipinski definition) is 4. The van der Waals surface area contributed by atoms with E-state index in [2.05, 4.69) is 0 Å². The third kappa shape index (κ3) is 2.98. The SMILES string of the molecule is Nc1ccccc1N(CCC(=O)O)S(=O)(=O)C1CC1. The molecule has 19 heavy (non-hydrogen) atoms. The minimum absolute atomic E-state index is 0.0949. The van der Waals surface area contributed by atoms with Crippen LogP contribution >= 0.6 is 0 Å². The predicted octanol–water partition coefficient (Wildman–Crippen LogP) is 1.04. The topological polar surface area (TPSA) is 101 Å². The van der Waals surface area contributed by atoms with Gasteiger partial charge in [-0.1, -0.05) is 12.1 Å². The van der Waals surface area contributed by atoms with Gasteiger partial charge in [-0.05, 0) is 25.0 Å². The van der Waals surface area contributed by atoms with Crippen molar-refractivity contribution in [3.8, 4) is 0 Å². The highest BCUT2D eigenvalue weighted by molar-refractivity contribution is 7.93. The van der Waals surface area contributed by atoms with E-state index < -0.39 is 21.2 Å². The zero-order chi connectivity index (χ0) is 14.0. The van der Waals surface area contributed by atoms with Crippen LogP contribution in [0.2, 0.25) is 0 Å². The maximum atomic E-state index is 12.3. The minimum atomic E-state index is -3.51. The molecule has 0 heterocycles. The first-order valence-electron chi connectivity index (χ1n) is 6.01. The number of carbonyl (C=O) groups is 1. The molecule has 0 atom stereocenters. The number of sulfonamides is 1. The van der Waals surface area contributed by atoms with Crippen LogP contribution in [-0.4, -0.2) is 31.3 Å². The number of anilines is 2. The Kier molecular flexibility index (Phi) is 3.66. The second-order valence-electron chi connectivity index (χ2n) is 4.52. The maximum absolute atomic E-state index is 12.3. The van der Waals surface area contributed by atoms with Gasteiger partial charge < -0.3 is 10.8 Å². The summed E-state index contributed by atoms with van der Waals surface area (Å²) in [4.78, 5) is 10.7. The molecule has 1 aromatic carbocycles. The summed E-state index contributed by atoms with van der Waals surface area (Å²) in [5.74, 6) is -1.04. The van der Waals surface area contributed by atoms with Crippen LogP contribution in [0.3, 0.4) is 0 Å². The normalized spacial score (nSPS) is 15.2. The molecule has 7 heteroatoms. The quantitative estimate of drug-likeness (QED) is 0.760. The smallest absolute Gasteiger partial charge is 0.305 e. The van der Waals surface area contributed by atoms with Crippen molar-refractivity contribution in [2.75, 3.05) is 16.6 Å². The average molecular weight is 284 g/mol. The van der Waals surface area contributed by atoms with E-state index in [-0.39, 0.29) is 13.0 Å². The molecule has 104 valence electrons. The molecular weight excluding hydrogens is 268 g/mol. The van der Waals surface area contributed by atoms with E-state index >= 15 is 0 Å². The van der Waals surface area contributed by atoms with Crippen LogP contribution in [0.15, 0.2) is 24.3 Å². The lowest BCUT2D eigenvalue weighted by Crippen LogP contribution is -2.36. The molecule has 1 aliphatic carbocycles. The Morgan fingerprint density at radius 3 is 2.53 bits per heavy atom. The van der Waals surface area contributed by atoms with Crippen molar-refractivity contribution in [2.24, 2.45) is 0 Å². The summed E-state index contributed by atoms with van der Waals surface area (Å²) in [7, 11) is -3.51. The van der Waals surface area contributed by atoms with Crippen molar-refractivity contribution in [1.82, 2.24) is 0 Å². The summed E-state index contributed by atoms with van der Waals surface area (Å²) in [6, 6.07) is 6.59. The monoisotopic (exact) mass is 284 g/mol. The molecule has 1 fully saturated rings. The van der Waals surface area contributed by atoms with Gasteiger partial charge in [-0.15, -0.1) is 0 Å². The van der Waals surface area contributed by atoms with Crippen molar-refractivity contribution < 1.29 is 18.3 Å². The van der Waals surface area contributed by atoms with Crippen molar-refractivity contribution in [3.05, 3.63) is 24.3 Å². The Morgan fingerprint density at radius 1 is 1.37 bits per heavy atom. The molecule has 1 aromatic rings. The van der Waals surface area contributed by atoms with Gasteiger partial charge in [0.05, 0.1) is 23.0 Å². The number of rotatable bonds is 6. The molecule has 1 saturated carbocycles. The van der Waals surface area contributed by atoms with Gasteiger partial charge in [0, 0.05) is 6.54 Å². The van der Waals surface area contributed by atoms with E-state index in [9.17, 15) is 13.2 Å². The molecule has 0 spiro atoms. The van der Waals surface area contributed by atoms with Gasteiger partial charge >= 0.3 is 5.97 Å². The van der Waals surface area contributed by atoms with E-state index in [0.29, 0.717) is 24.2 Å². The molecule has 6 nitrogen and oxygen atoms in total. The van der Waals surface area contributed by atoms with Crippen LogP contribution < -0.4 is 10.0 Å². The zero-order valence-corrected chi connectivity index (χ0v) is 11.1. The lowest BCUT2D eigenvalue weighted by molar-refractivity contribution is -0.136. The highest BCUT2D eigenvalue weighted by atomic mass is 32.2. The number of para-hydroxylation sites is 2. The summed E-state index contributed by atoms with van der Waals surface area (Å²) in [5.41, 5.74) is 6.48. The van der Waals surface area contributed by atoms with E-state index in [1.165, 1.54) is 0 Å². The lowest BCUT2D eigenvalue weighted by Gasteiger charge is -2.25. The van der Waals surface area contributed by atoms with E-state index in [1.807, 2.05) is 0 Å². The van der Waals surface area contributed by atoms with Crippen LogP contribution in [0, 0.1) is 0 Å². The largest absolute Gasteiger partial charge is 0.481 e. The number of aliphatic carboxylic acids is 1. The molecule has 1 aliphatic rings. The average Bonchev–Trinajstić information content (AvgIpc) is 3.15. The number of nitrogen functional groups attached to an aromatic ring is 1. The number of nitrogens with two attached hydrogens (primary N) is 1. The summed E-state index contributed by atoms with van der Waals surface area (Å²) in [6.45, 7) is -0.0949. The van der Waals surface area contributed by atoms with Gasteiger partial charge in [0.1, 0.15) is 0 Å². The van der Waals surface area contributed by atoms with Gasteiger partial charge in [-0.2, -0.15) is 0 Å². The van der Waals surface area contributed by atoms with Crippen molar-refractivity contribution >= 4 is 27.4 Å². The summed E-state index contributed by atoms with van der Waals surface area (Å²) < 4.78 is 25.8. The number of carboxylic acid groups (broad SMARTS) is 1. The van der Waals surface area contributed by atoms with E-state index in [4.69, 9.17) is 10.8 Å². The second-order valence-corrected chi connectivity index (χ2v) is 6.66. The molecule has 2 rings (SSSR count). The van der Waals surface area contributed by atoms with Gasteiger partial charge in [-0.25, -0.2) is 8.42 Å². The first-order valence-corrected chi connectivity index (χ1v) is 7.51. The number of benzene rings is 1. The van der Waals surface area contributed by atoms with Gasteiger partial charge in [0.25, 0.3) is 0 Å². The van der Waals surface area contributed by atoms with Gasteiger partial charge in [-0.3, -0.25) is 9.10 Å². The third-order valence-electron chi connectivity index (χ3n) is 2.99. The first-order chi connectivity index (χ1) is 8.93. The standard InChI is InChI=1S/C12H16N2O4S/c13-10-3-1-2-4-11(10)14(8-7-12(15)16)19(17,18)9-5-6-9/h1-4,9H,5-8,13H2,(H,15,16). The maximum Gasteiger partial charge on any atom is 0.305 e. The molecule has 3 N–H and O–H groups in total. The van der Waals surface area contributed by atoms with E-state index in [1.54, 1.807) is 24.3 Å². The van der Waals surface area contributed by atoms with Crippen molar-refractivity contribution in [2.45, 2.75) is 24.5 Å². The Hall–Kier alpha value is -1.76. The molecule has 0 unspecified atom stereocenters. The predicted molar refractivity (Wildman–Crippen MR) is 72.4 cm³/mol. The highest BCUT2D eigenvalue weighted by Gasteiger charge is 2.40. The molecule has 0 radical (unpaired) electrons. The van der Waals surface area contributed by atoms with Crippen LogP contribution in [0.4, 0.5) is 11.4 Å². The summed E-state index contributed by atoms with van der Waals surface area (Å²) in [6.07, 6.45) is 0.998. The molecule has 0 aliphatic heterocycles. The molecule has 0 aromatic heterocycles. The van der Waals surface area contributed by atoms with Crippen molar-refractivity contribution in [1.29, 1.82) is 0 Å². The Balaban J connectivity index is 2.34.